The van der Waals surface area contributed by atoms with Crippen molar-refractivity contribution in [3.63, 3.8) is 0 Å². The molecule has 108 valence electrons. The summed E-state index contributed by atoms with van der Waals surface area (Å²) >= 11 is 1.88. The fraction of sp³-hybridized carbons (Fsp3) is 0.444. The monoisotopic (exact) mass is 287 g/mol. The van der Waals surface area contributed by atoms with Gasteiger partial charge in [0.1, 0.15) is 0 Å². The van der Waals surface area contributed by atoms with Crippen molar-refractivity contribution >= 4 is 11.3 Å². The second-order valence-electron chi connectivity index (χ2n) is 5.28. The van der Waals surface area contributed by atoms with Gasteiger partial charge in [0, 0.05) is 11.4 Å². The predicted molar refractivity (Wildman–Crippen MR) is 89.6 cm³/mol. The summed E-state index contributed by atoms with van der Waals surface area (Å²) in [6.07, 6.45) is 4.96. The summed E-state index contributed by atoms with van der Waals surface area (Å²) in [6.45, 7) is 4.44. The van der Waals surface area contributed by atoms with Crippen LogP contribution in [0.3, 0.4) is 0 Å². The van der Waals surface area contributed by atoms with Gasteiger partial charge in [-0.25, -0.2) is 0 Å². The van der Waals surface area contributed by atoms with Crippen LogP contribution < -0.4 is 5.32 Å². The molecular weight excluding hydrogens is 262 g/mol. The van der Waals surface area contributed by atoms with Crippen LogP contribution in [0.2, 0.25) is 0 Å². The van der Waals surface area contributed by atoms with Crippen molar-refractivity contribution in [1.29, 1.82) is 0 Å². The molecule has 1 N–H and O–H groups in total. The average molecular weight is 287 g/mol. The smallest absolute Gasteiger partial charge is 0.00452 e. The minimum atomic E-state index is 0.641. The van der Waals surface area contributed by atoms with E-state index in [0.29, 0.717) is 5.92 Å². The molecule has 0 saturated carbocycles. The summed E-state index contributed by atoms with van der Waals surface area (Å²) in [7, 11) is 0. The molecule has 2 heteroatoms. The highest BCUT2D eigenvalue weighted by molar-refractivity contribution is 7.09. The molecule has 1 atom stereocenters. The summed E-state index contributed by atoms with van der Waals surface area (Å²) in [5.74, 6) is 0.641. The van der Waals surface area contributed by atoms with Crippen LogP contribution in [0.4, 0.5) is 0 Å². The van der Waals surface area contributed by atoms with Crippen molar-refractivity contribution in [2.75, 3.05) is 13.1 Å². The largest absolute Gasteiger partial charge is 0.316 e. The molecule has 0 saturated heterocycles. The number of rotatable bonds is 9. The predicted octanol–water partition coefficient (Wildman–Crippen LogP) is 4.85. The maximum absolute atomic E-state index is 3.58. The molecule has 2 aromatic rings. The molecule has 0 spiro atoms. The second-order valence-corrected chi connectivity index (χ2v) is 6.32. The molecule has 0 amide bonds. The van der Waals surface area contributed by atoms with Crippen molar-refractivity contribution in [3.05, 3.63) is 58.3 Å². The van der Waals surface area contributed by atoms with Crippen molar-refractivity contribution in [1.82, 2.24) is 5.32 Å². The Kier molecular flexibility index (Phi) is 6.82. The highest BCUT2D eigenvalue weighted by atomic mass is 32.1. The van der Waals surface area contributed by atoms with Crippen molar-refractivity contribution < 1.29 is 0 Å². The zero-order chi connectivity index (χ0) is 14.0. The number of aryl methyl sites for hydroxylation is 1. The van der Waals surface area contributed by atoms with Gasteiger partial charge < -0.3 is 5.32 Å². The number of hydrogen-bond acceptors (Lipinski definition) is 2. The van der Waals surface area contributed by atoms with E-state index < -0.39 is 0 Å². The Bertz CT molecular complexity index is 450. The molecule has 1 aromatic heterocycles. The average Bonchev–Trinajstić information content (AvgIpc) is 3.00. The van der Waals surface area contributed by atoms with Crippen LogP contribution >= 0.6 is 11.3 Å². The lowest BCUT2D eigenvalue weighted by Crippen LogP contribution is -2.22. The molecule has 2 rings (SSSR count). The van der Waals surface area contributed by atoms with E-state index in [2.05, 4.69) is 60.1 Å². The number of hydrogen-bond donors (Lipinski definition) is 1. The van der Waals surface area contributed by atoms with Gasteiger partial charge in [0.2, 0.25) is 0 Å². The first-order chi connectivity index (χ1) is 9.90. The van der Waals surface area contributed by atoms with Gasteiger partial charge in [-0.15, -0.1) is 11.3 Å². The van der Waals surface area contributed by atoms with E-state index in [4.69, 9.17) is 0 Å². The number of thiophene rings is 1. The maximum Gasteiger partial charge on any atom is 0.00452 e. The highest BCUT2D eigenvalue weighted by Gasteiger charge is 2.10. The fourth-order valence-electron chi connectivity index (χ4n) is 2.54. The lowest BCUT2D eigenvalue weighted by molar-refractivity contribution is 0.533. The molecule has 1 nitrogen and oxygen atoms in total. The molecule has 1 heterocycles. The number of benzene rings is 1. The van der Waals surface area contributed by atoms with E-state index in [1.807, 2.05) is 11.3 Å². The van der Waals surface area contributed by atoms with Crippen LogP contribution in [-0.4, -0.2) is 13.1 Å². The topological polar surface area (TPSA) is 12.0 Å². The van der Waals surface area contributed by atoms with Crippen LogP contribution in [0.25, 0.3) is 0 Å². The zero-order valence-corrected chi connectivity index (χ0v) is 13.2. The first-order valence-corrected chi connectivity index (χ1v) is 8.56. The minimum absolute atomic E-state index is 0.641. The second kappa shape index (κ2) is 8.93. The standard InChI is InChI=1S/C18H25NS/c1-2-13-19-15-17(16-8-4-3-5-9-16)10-6-11-18-12-7-14-20-18/h3-5,7-9,12,14,17,19H,2,6,10-11,13,15H2,1H3. The van der Waals surface area contributed by atoms with Crippen molar-refractivity contribution in [3.8, 4) is 0 Å². The van der Waals surface area contributed by atoms with E-state index in [1.54, 1.807) is 0 Å². The first-order valence-electron chi connectivity index (χ1n) is 7.68. The van der Waals surface area contributed by atoms with E-state index in [-0.39, 0.29) is 0 Å². The molecule has 0 aliphatic rings. The summed E-state index contributed by atoms with van der Waals surface area (Å²) in [6, 6.07) is 15.3. The van der Waals surface area contributed by atoms with Gasteiger partial charge in [-0.2, -0.15) is 0 Å². The lowest BCUT2D eigenvalue weighted by Gasteiger charge is -2.18. The molecular formula is C18H25NS. The molecule has 1 aromatic carbocycles. The molecule has 0 fully saturated rings. The molecule has 20 heavy (non-hydrogen) atoms. The van der Waals surface area contributed by atoms with Gasteiger partial charge in [0.05, 0.1) is 0 Å². The normalized spacial score (nSPS) is 12.4. The van der Waals surface area contributed by atoms with Crippen LogP contribution in [0.5, 0.6) is 0 Å². The van der Waals surface area contributed by atoms with E-state index >= 15 is 0 Å². The summed E-state index contributed by atoms with van der Waals surface area (Å²) in [5.41, 5.74) is 1.47. The highest BCUT2D eigenvalue weighted by Crippen LogP contribution is 2.22. The van der Waals surface area contributed by atoms with E-state index in [9.17, 15) is 0 Å². The SMILES string of the molecule is CCCNCC(CCCc1cccs1)c1ccccc1. The van der Waals surface area contributed by atoms with Crippen molar-refractivity contribution in [2.45, 2.75) is 38.5 Å². The third-order valence-corrected chi connectivity index (χ3v) is 4.58. The van der Waals surface area contributed by atoms with Gasteiger partial charge in [0.15, 0.2) is 0 Å². The van der Waals surface area contributed by atoms with Gasteiger partial charge >= 0.3 is 0 Å². The fourth-order valence-corrected chi connectivity index (χ4v) is 3.29. The molecule has 0 aliphatic heterocycles. The molecule has 0 bridgehead atoms. The van der Waals surface area contributed by atoms with E-state index in [0.717, 1.165) is 13.1 Å². The zero-order valence-electron chi connectivity index (χ0n) is 12.3. The first kappa shape index (κ1) is 15.3. The van der Waals surface area contributed by atoms with Crippen LogP contribution in [0.1, 0.15) is 42.5 Å². The molecule has 0 aliphatic carbocycles. The Morgan fingerprint density at radius 2 is 1.95 bits per heavy atom. The van der Waals surface area contributed by atoms with Crippen LogP contribution in [0.15, 0.2) is 47.8 Å². The van der Waals surface area contributed by atoms with Crippen molar-refractivity contribution in [2.24, 2.45) is 0 Å². The third kappa shape index (κ3) is 5.10. The Labute approximate surface area is 127 Å². The third-order valence-electron chi connectivity index (χ3n) is 3.64. The summed E-state index contributed by atoms with van der Waals surface area (Å²) in [4.78, 5) is 1.51. The molecule has 1 unspecified atom stereocenters. The Morgan fingerprint density at radius 1 is 1.10 bits per heavy atom. The Balaban J connectivity index is 1.85. The van der Waals surface area contributed by atoms with Gasteiger partial charge in [-0.1, -0.05) is 43.3 Å². The Hall–Kier alpha value is -1.12. The van der Waals surface area contributed by atoms with Gasteiger partial charge in [-0.05, 0) is 55.2 Å². The Morgan fingerprint density at radius 3 is 2.65 bits per heavy atom. The lowest BCUT2D eigenvalue weighted by atomic mass is 9.93. The summed E-state index contributed by atoms with van der Waals surface area (Å²) in [5, 5.41) is 5.75. The quantitative estimate of drug-likeness (QED) is 0.650. The number of nitrogens with one attached hydrogen (secondary N) is 1. The maximum atomic E-state index is 3.58. The van der Waals surface area contributed by atoms with Crippen LogP contribution in [-0.2, 0) is 6.42 Å². The van der Waals surface area contributed by atoms with Gasteiger partial charge in [0.25, 0.3) is 0 Å². The van der Waals surface area contributed by atoms with E-state index in [1.165, 1.54) is 36.1 Å². The summed E-state index contributed by atoms with van der Waals surface area (Å²) < 4.78 is 0. The van der Waals surface area contributed by atoms with Crippen LogP contribution in [0, 0.1) is 0 Å². The minimum Gasteiger partial charge on any atom is -0.316 e. The van der Waals surface area contributed by atoms with Gasteiger partial charge in [-0.3, -0.25) is 0 Å². The molecule has 0 radical (unpaired) electrons.